The third kappa shape index (κ3) is 4.95. The molecule has 2 heterocycles. The Kier molecular flexibility index (Phi) is 6.78. The molecular formula is C20H19Cl2NO5. The Balaban J connectivity index is 1.95. The van der Waals surface area contributed by atoms with Crippen molar-refractivity contribution in [2.75, 3.05) is 26.9 Å². The molecule has 0 radical (unpaired) electrons. The number of ether oxygens (including phenoxy) is 3. The number of hydrogen-bond donors (Lipinski definition) is 1. The number of halogens is 2. The van der Waals surface area contributed by atoms with Crippen molar-refractivity contribution in [3.63, 3.8) is 0 Å². The summed E-state index contributed by atoms with van der Waals surface area (Å²) in [6.07, 6.45) is 2.96. The van der Waals surface area contributed by atoms with Gasteiger partial charge >= 0.3 is 5.97 Å². The number of aromatic amines is 1. The molecule has 1 aromatic heterocycles. The molecule has 1 saturated heterocycles. The van der Waals surface area contributed by atoms with E-state index in [2.05, 4.69) is 15.8 Å². The van der Waals surface area contributed by atoms with Gasteiger partial charge in [0.1, 0.15) is 10.8 Å². The first-order valence-electron chi connectivity index (χ1n) is 8.66. The molecule has 8 heteroatoms. The minimum atomic E-state index is -0.499. The Hall–Kier alpha value is -2.28. The van der Waals surface area contributed by atoms with Crippen LogP contribution in [0.1, 0.15) is 17.7 Å². The van der Waals surface area contributed by atoms with Crippen LogP contribution in [0.2, 0.25) is 10.0 Å². The van der Waals surface area contributed by atoms with E-state index in [1.54, 1.807) is 24.3 Å². The summed E-state index contributed by atoms with van der Waals surface area (Å²) in [7, 11) is 1.28. The number of nitrogens with one attached hydrogen (secondary N) is 1. The van der Waals surface area contributed by atoms with E-state index in [1.165, 1.54) is 7.11 Å². The van der Waals surface area contributed by atoms with Crippen LogP contribution in [0.3, 0.4) is 0 Å². The van der Waals surface area contributed by atoms with Crippen molar-refractivity contribution in [2.45, 2.75) is 6.42 Å². The van der Waals surface area contributed by atoms with Gasteiger partial charge in [-0.2, -0.15) is 0 Å². The van der Waals surface area contributed by atoms with Crippen LogP contribution in [0.5, 0.6) is 5.75 Å². The van der Waals surface area contributed by atoms with E-state index in [9.17, 15) is 9.59 Å². The summed E-state index contributed by atoms with van der Waals surface area (Å²) < 4.78 is 15.4. The minimum Gasteiger partial charge on any atom is -0.480 e. The zero-order chi connectivity index (χ0) is 20.1. The molecule has 1 aliphatic rings. The highest BCUT2D eigenvalue weighted by Gasteiger charge is 2.17. The highest BCUT2D eigenvalue weighted by atomic mass is 35.5. The van der Waals surface area contributed by atoms with E-state index in [4.69, 9.17) is 32.7 Å². The van der Waals surface area contributed by atoms with E-state index >= 15 is 0 Å². The minimum absolute atomic E-state index is 0.122. The lowest BCUT2D eigenvalue weighted by Gasteiger charge is -2.13. The van der Waals surface area contributed by atoms with Crippen molar-refractivity contribution in [2.24, 2.45) is 5.92 Å². The zero-order valence-electron chi connectivity index (χ0n) is 15.2. The van der Waals surface area contributed by atoms with Crippen LogP contribution in [-0.4, -0.2) is 37.9 Å². The number of carbonyl (C=O) groups excluding carboxylic acids is 1. The summed E-state index contributed by atoms with van der Waals surface area (Å²) in [5.41, 5.74) is 1.86. The van der Waals surface area contributed by atoms with E-state index in [0.717, 1.165) is 17.6 Å². The maximum absolute atomic E-state index is 12.0. The first-order chi connectivity index (χ1) is 13.5. The standard InChI is InChI=1S/C20H19Cl2NO5/c1-26-19(24)11-28-18-5-2-13(9-16(18)22)14(8-12-6-7-27-10-12)17-4-3-15(21)20(25)23-17/h2-5,8-9,12H,6-7,10-11H2,1H3,(H,23,25)/b14-8+. The molecule has 6 nitrogen and oxygen atoms in total. The predicted molar refractivity (Wildman–Crippen MR) is 107 cm³/mol. The highest BCUT2D eigenvalue weighted by molar-refractivity contribution is 6.32. The van der Waals surface area contributed by atoms with E-state index in [1.807, 2.05) is 6.07 Å². The highest BCUT2D eigenvalue weighted by Crippen LogP contribution is 2.32. The molecule has 1 aliphatic heterocycles. The quantitative estimate of drug-likeness (QED) is 0.716. The first-order valence-corrected chi connectivity index (χ1v) is 9.42. The van der Waals surface area contributed by atoms with E-state index in [-0.39, 0.29) is 23.1 Å². The SMILES string of the molecule is COC(=O)COc1ccc(/C(=C\C2CCOC2)c2ccc(Cl)c(=O)[nH]2)cc1Cl. The fourth-order valence-corrected chi connectivity index (χ4v) is 3.20. The van der Waals surface area contributed by atoms with Crippen LogP contribution in [0.4, 0.5) is 0 Å². The van der Waals surface area contributed by atoms with Crippen molar-refractivity contribution in [3.05, 3.63) is 68.1 Å². The predicted octanol–water partition coefficient (Wildman–Crippen LogP) is 3.70. The molecule has 0 aliphatic carbocycles. The maximum atomic E-state index is 12.0. The molecule has 0 spiro atoms. The lowest BCUT2D eigenvalue weighted by Crippen LogP contribution is -2.12. The fourth-order valence-electron chi connectivity index (χ4n) is 2.86. The van der Waals surface area contributed by atoms with Crippen LogP contribution in [-0.2, 0) is 14.3 Å². The average Bonchev–Trinajstić information content (AvgIpc) is 3.20. The summed E-state index contributed by atoms with van der Waals surface area (Å²) >= 11 is 12.2. The Morgan fingerprint density at radius 2 is 2.11 bits per heavy atom. The second-order valence-electron chi connectivity index (χ2n) is 6.26. The molecule has 0 saturated carbocycles. The Labute approximate surface area is 172 Å². The number of esters is 1. The lowest BCUT2D eigenvalue weighted by molar-refractivity contribution is -0.142. The van der Waals surface area contributed by atoms with Crippen LogP contribution >= 0.6 is 23.2 Å². The maximum Gasteiger partial charge on any atom is 0.343 e. The van der Waals surface area contributed by atoms with Crippen LogP contribution in [0, 0.1) is 5.92 Å². The van der Waals surface area contributed by atoms with Gasteiger partial charge in [-0.1, -0.05) is 35.3 Å². The summed E-state index contributed by atoms with van der Waals surface area (Å²) in [5.74, 6) is 0.0906. The second-order valence-corrected chi connectivity index (χ2v) is 7.08. The molecule has 28 heavy (non-hydrogen) atoms. The summed E-state index contributed by atoms with van der Waals surface area (Å²) in [5, 5.41) is 0.461. The molecule has 1 atom stereocenters. The first kappa shape index (κ1) is 20.5. The van der Waals surface area contributed by atoms with Gasteiger partial charge in [0.05, 0.1) is 18.7 Å². The Bertz CT molecular complexity index is 948. The number of carbonyl (C=O) groups is 1. The van der Waals surface area contributed by atoms with Gasteiger partial charge < -0.3 is 19.2 Å². The average molecular weight is 424 g/mol. The van der Waals surface area contributed by atoms with E-state index in [0.29, 0.717) is 29.7 Å². The molecule has 148 valence electrons. The van der Waals surface area contributed by atoms with Gasteiger partial charge in [0, 0.05) is 23.8 Å². The largest absolute Gasteiger partial charge is 0.480 e. The number of aromatic nitrogens is 1. The third-order valence-electron chi connectivity index (χ3n) is 4.33. The van der Waals surface area contributed by atoms with Crippen molar-refractivity contribution in [1.29, 1.82) is 0 Å². The van der Waals surface area contributed by atoms with Gasteiger partial charge in [0.15, 0.2) is 6.61 Å². The summed E-state index contributed by atoms with van der Waals surface area (Å²) in [6.45, 7) is 1.09. The number of benzene rings is 1. The molecule has 1 aromatic carbocycles. The Morgan fingerprint density at radius 1 is 1.29 bits per heavy atom. The van der Waals surface area contributed by atoms with Gasteiger partial charge in [0.25, 0.3) is 5.56 Å². The monoisotopic (exact) mass is 423 g/mol. The number of rotatable bonds is 6. The second kappa shape index (κ2) is 9.28. The number of H-pyrrole nitrogens is 1. The lowest BCUT2D eigenvalue weighted by atomic mass is 9.96. The normalized spacial score (nSPS) is 16.8. The van der Waals surface area contributed by atoms with Gasteiger partial charge in [-0.05, 0) is 36.2 Å². The van der Waals surface area contributed by atoms with Gasteiger partial charge in [-0.3, -0.25) is 4.79 Å². The Morgan fingerprint density at radius 3 is 2.75 bits per heavy atom. The van der Waals surface area contributed by atoms with Crippen molar-refractivity contribution < 1.29 is 19.0 Å². The third-order valence-corrected chi connectivity index (χ3v) is 4.93. The van der Waals surface area contributed by atoms with E-state index < -0.39 is 5.97 Å². The smallest absolute Gasteiger partial charge is 0.343 e. The van der Waals surface area contributed by atoms with Crippen LogP contribution in [0.15, 0.2) is 41.2 Å². The number of methoxy groups -OCH3 is 1. The van der Waals surface area contributed by atoms with Crippen molar-refractivity contribution in [1.82, 2.24) is 4.98 Å². The van der Waals surface area contributed by atoms with Crippen LogP contribution in [0.25, 0.3) is 5.57 Å². The molecule has 1 fully saturated rings. The zero-order valence-corrected chi connectivity index (χ0v) is 16.7. The van der Waals surface area contributed by atoms with Crippen LogP contribution < -0.4 is 10.3 Å². The number of pyridine rings is 1. The molecule has 0 amide bonds. The molecule has 1 unspecified atom stereocenters. The molecule has 3 rings (SSSR count). The molecule has 1 N–H and O–H groups in total. The van der Waals surface area contributed by atoms with Gasteiger partial charge in [-0.15, -0.1) is 0 Å². The van der Waals surface area contributed by atoms with Gasteiger partial charge in [0.2, 0.25) is 0 Å². The number of hydrogen-bond acceptors (Lipinski definition) is 5. The molecular weight excluding hydrogens is 405 g/mol. The summed E-state index contributed by atoms with van der Waals surface area (Å²) in [6, 6.07) is 8.52. The summed E-state index contributed by atoms with van der Waals surface area (Å²) in [4.78, 5) is 26.0. The van der Waals surface area contributed by atoms with Crippen molar-refractivity contribution in [3.8, 4) is 5.75 Å². The molecule has 0 bridgehead atoms. The topological polar surface area (TPSA) is 77.6 Å². The molecule has 2 aromatic rings. The van der Waals surface area contributed by atoms with Crippen molar-refractivity contribution >= 4 is 34.7 Å². The van der Waals surface area contributed by atoms with Gasteiger partial charge in [-0.25, -0.2) is 4.79 Å². The fraction of sp³-hybridized carbons (Fsp3) is 0.300.